The molecule has 1 saturated carbocycles. The molecule has 3 N–H and O–H groups in total. The Kier molecular flexibility index (Phi) is 4.01. The maximum atomic E-state index is 12.2. The van der Waals surface area contributed by atoms with Gasteiger partial charge in [-0.2, -0.15) is 5.10 Å². The van der Waals surface area contributed by atoms with Crippen molar-refractivity contribution >= 4 is 11.6 Å². The molecule has 110 valence electrons. The molecule has 21 heavy (non-hydrogen) atoms. The van der Waals surface area contributed by atoms with E-state index in [1.807, 2.05) is 36.5 Å². The van der Waals surface area contributed by atoms with Crippen LogP contribution in [-0.2, 0) is 4.79 Å². The van der Waals surface area contributed by atoms with E-state index >= 15 is 0 Å². The Morgan fingerprint density at radius 3 is 2.52 bits per heavy atom. The van der Waals surface area contributed by atoms with E-state index in [0.717, 1.165) is 37.1 Å². The molecule has 1 amide bonds. The molecule has 0 radical (unpaired) electrons. The number of carbonyl (C=O) groups is 1. The summed E-state index contributed by atoms with van der Waals surface area (Å²) >= 11 is 0. The van der Waals surface area contributed by atoms with Crippen LogP contribution in [0.4, 0.5) is 5.69 Å². The Morgan fingerprint density at radius 2 is 1.90 bits per heavy atom. The van der Waals surface area contributed by atoms with Crippen molar-refractivity contribution in [3.05, 3.63) is 42.7 Å². The molecule has 1 aromatic heterocycles. The average Bonchev–Trinajstić information content (AvgIpc) is 3.03. The topological polar surface area (TPSA) is 72.9 Å². The highest BCUT2D eigenvalue weighted by Gasteiger charge is 2.24. The molecule has 0 unspecified atom stereocenters. The van der Waals surface area contributed by atoms with Crippen LogP contribution >= 0.6 is 0 Å². The second kappa shape index (κ2) is 6.10. The quantitative estimate of drug-likeness (QED) is 0.908. The van der Waals surface area contributed by atoms with Gasteiger partial charge in [0.25, 0.3) is 0 Å². The number of anilines is 1. The number of hydrogen-bond donors (Lipinski definition) is 2. The van der Waals surface area contributed by atoms with Gasteiger partial charge >= 0.3 is 0 Å². The van der Waals surface area contributed by atoms with Gasteiger partial charge in [0.2, 0.25) is 5.91 Å². The van der Waals surface area contributed by atoms with E-state index in [1.54, 1.807) is 10.9 Å². The number of aromatic nitrogens is 2. The zero-order valence-electron chi connectivity index (χ0n) is 11.9. The number of nitrogens with zero attached hydrogens (tertiary/aromatic N) is 2. The van der Waals surface area contributed by atoms with Crippen molar-refractivity contribution in [2.45, 2.75) is 31.7 Å². The molecule has 0 saturated heterocycles. The standard InChI is InChI=1S/C16H20N4O/c17-13-4-2-12(3-5-13)16(21)19-14-6-8-15(9-7-14)20-11-1-10-18-20/h1,6-13H,2-5,17H2,(H,19,21). The molecule has 1 aliphatic carbocycles. The lowest BCUT2D eigenvalue weighted by molar-refractivity contribution is -0.120. The maximum Gasteiger partial charge on any atom is 0.227 e. The molecule has 3 rings (SSSR count). The summed E-state index contributed by atoms with van der Waals surface area (Å²) in [5.41, 5.74) is 7.67. The van der Waals surface area contributed by atoms with Crippen LogP contribution < -0.4 is 11.1 Å². The van der Waals surface area contributed by atoms with Gasteiger partial charge in [-0.3, -0.25) is 4.79 Å². The van der Waals surface area contributed by atoms with E-state index in [9.17, 15) is 4.79 Å². The zero-order valence-corrected chi connectivity index (χ0v) is 11.9. The van der Waals surface area contributed by atoms with Gasteiger partial charge in [0, 0.05) is 30.0 Å². The van der Waals surface area contributed by atoms with Crippen LogP contribution in [-0.4, -0.2) is 21.7 Å². The number of nitrogens with one attached hydrogen (secondary N) is 1. The predicted molar refractivity (Wildman–Crippen MR) is 82.1 cm³/mol. The first-order valence-electron chi connectivity index (χ1n) is 7.39. The minimum absolute atomic E-state index is 0.0931. The van der Waals surface area contributed by atoms with Crippen molar-refractivity contribution in [3.63, 3.8) is 0 Å². The molecule has 0 bridgehead atoms. The van der Waals surface area contributed by atoms with Gasteiger partial charge in [-0.15, -0.1) is 0 Å². The summed E-state index contributed by atoms with van der Waals surface area (Å²) < 4.78 is 1.79. The highest BCUT2D eigenvalue weighted by Crippen LogP contribution is 2.24. The molecule has 1 fully saturated rings. The molecule has 1 aliphatic rings. The third-order valence-corrected chi connectivity index (χ3v) is 4.05. The van der Waals surface area contributed by atoms with Gasteiger partial charge in [-0.25, -0.2) is 4.68 Å². The minimum Gasteiger partial charge on any atom is -0.328 e. The Labute approximate surface area is 124 Å². The summed E-state index contributed by atoms with van der Waals surface area (Å²) in [6, 6.07) is 9.84. The van der Waals surface area contributed by atoms with Crippen molar-refractivity contribution in [2.24, 2.45) is 11.7 Å². The molecular weight excluding hydrogens is 264 g/mol. The molecular formula is C16H20N4O. The predicted octanol–water partition coefficient (Wildman–Crippen LogP) is 2.33. The van der Waals surface area contributed by atoms with Crippen molar-refractivity contribution in [1.29, 1.82) is 0 Å². The number of rotatable bonds is 3. The second-order valence-electron chi connectivity index (χ2n) is 5.60. The van der Waals surface area contributed by atoms with E-state index in [2.05, 4.69) is 10.4 Å². The lowest BCUT2D eigenvalue weighted by atomic mass is 9.86. The molecule has 2 aromatic rings. The molecule has 0 aliphatic heterocycles. The van der Waals surface area contributed by atoms with Crippen LogP contribution in [0, 0.1) is 5.92 Å². The first kappa shape index (κ1) is 13.8. The Morgan fingerprint density at radius 1 is 1.19 bits per heavy atom. The second-order valence-corrected chi connectivity index (χ2v) is 5.60. The summed E-state index contributed by atoms with van der Waals surface area (Å²) in [5.74, 6) is 0.198. The van der Waals surface area contributed by atoms with Gasteiger partial charge in [0.1, 0.15) is 0 Å². The van der Waals surface area contributed by atoms with Crippen molar-refractivity contribution in [1.82, 2.24) is 9.78 Å². The lowest BCUT2D eigenvalue weighted by Gasteiger charge is -2.25. The van der Waals surface area contributed by atoms with Crippen molar-refractivity contribution in [2.75, 3.05) is 5.32 Å². The summed E-state index contributed by atoms with van der Waals surface area (Å²) in [4.78, 5) is 12.2. The van der Waals surface area contributed by atoms with Gasteiger partial charge in [-0.05, 0) is 56.0 Å². The van der Waals surface area contributed by atoms with Crippen LogP contribution in [0.5, 0.6) is 0 Å². The molecule has 5 heteroatoms. The average molecular weight is 284 g/mol. The molecule has 1 aromatic carbocycles. The molecule has 0 atom stereocenters. The highest BCUT2D eigenvalue weighted by atomic mass is 16.1. The summed E-state index contributed by atoms with van der Waals surface area (Å²) in [6.07, 6.45) is 7.28. The number of amides is 1. The summed E-state index contributed by atoms with van der Waals surface area (Å²) in [6.45, 7) is 0. The summed E-state index contributed by atoms with van der Waals surface area (Å²) in [7, 11) is 0. The zero-order chi connectivity index (χ0) is 14.7. The van der Waals surface area contributed by atoms with Gasteiger partial charge in [0.05, 0.1) is 5.69 Å². The smallest absolute Gasteiger partial charge is 0.227 e. The SMILES string of the molecule is NC1CCC(C(=O)Nc2ccc(-n3cccn3)cc2)CC1. The summed E-state index contributed by atoms with van der Waals surface area (Å²) in [5, 5.41) is 7.16. The van der Waals surface area contributed by atoms with E-state index in [-0.39, 0.29) is 17.9 Å². The fourth-order valence-electron chi connectivity index (χ4n) is 2.74. The maximum absolute atomic E-state index is 12.2. The number of carbonyl (C=O) groups excluding carboxylic acids is 1. The Balaban J connectivity index is 1.61. The fourth-order valence-corrected chi connectivity index (χ4v) is 2.74. The molecule has 5 nitrogen and oxygen atoms in total. The van der Waals surface area contributed by atoms with Crippen LogP contribution in [0.2, 0.25) is 0 Å². The monoisotopic (exact) mass is 284 g/mol. The molecule has 1 heterocycles. The Bertz CT molecular complexity index is 583. The first-order chi connectivity index (χ1) is 10.2. The minimum atomic E-state index is 0.0931. The van der Waals surface area contributed by atoms with Crippen molar-refractivity contribution < 1.29 is 4.79 Å². The number of nitrogens with two attached hydrogens (primary N) is 1. The Hall–Kier alpha value is -2.14. The van der Waals surface area contributed by atoms with Crippen LogP contribution in [0.3, 0.4) is 0 Å². The highest BCUT2D eigenvalue weighted by molar-refractivity contribution is 5.92. The third-order valence-electron chi connectivity index (χ3n) is 4.05. The van der Waals surface area contributed by atoms with E-state index in [1.165, 1.54) is 0 Å². The van der Waals surface area contributed by atoms with E-state index in [0.29, 0.717) is 0 Å². The lowest BCUT2D eigenvalue weighted by Crippen LogP contribution is -2.32. The van der Waals surface area contributed by atoms with Crippen LogP contribution in [0.15, 0.2) is 42.7 Å². The first-order valence-corrected chi connectivity index (χ1v) is 7.39. The number of hydrogen-bond acceptors (Lipinski definition) is 3. The van der Waals surface area contributed by atoms with E-state index in [4.69, 9.17) is 5.73 Å². The van der Waals surface area contributed by atoms with E-state index < -0.39 is 0 Å². The molecule has 0 spiro atoms. The van der Waals surface area contributed by atoms with Gasteiger partial charge < -0.3 is 11.1 Å². The van der Waals surface area contributed by atoms with Gasteiger partial charge in [0.15, 0.2) is 0 Å². The number of benzene rings is 1. The normalized spacial score (nSPS) is 22.0. The van der Waals surface area contributed by atoms with Crippen LogP contribution in [0.25, 0.3) is 5.69 Å². The largest absolute Gasteiger partial charge is 0.328 e. The van der Waals surface area contributed by atoms with Gasteiger partial charge in [-0.1, -0.05) is 0 Å². The third kappa shape index (κ3) is 3.31. The van der Waals surface area contributed by atoms with Crippen LogP contribution in [0.1, 0.15) is 25.7 Å². The van der Waals surface area contributed by atoms with Crippen molar-refractivity contribution in [3.8, 4) is 5.69 Å². The fraction of sp³-hybridized carbons (Fsp3) is 0.375.